The van der Waals surface area contributed by atoms with Crippen LogP contribution in [0.5, 0.6) is 11.5 Å². The number of nitrogens with zero attached hydrogens (tertiary/aromatic N) is 2. The van der Waals surface area contributed by atoms with Gasteiger partial charge >= 0.3 is 0 Å². The molecule has 0 heterocycles. The molecular weight excluding hydrogens is 553 g/mol. The number of hydrogen-bond donors (Lipinski definition) is 1. The first kappa shape index (κ1) is 31.5. The fourth-order valence-corrected chi connectivity index (χ4v) is 5.11. The van der Waals surface area contributed by atoms with Gasteiger partial charge in [0.05, 0.1) is 26.2 Å². The van der Waals surface area contributed by atoms with Crippen molar-refractivity contribution < 1.29 is 27.5 Å². The van der Waals surface area contributed by atoms with Crippen LogP contribution in [0.2, 0.25) is 10.0 Å². The highest BCUT2D eigenvalue weighted by Gasteiger charge is 2.34. The van der Waals surface area contributed by atoms with Crippen molar-refractivity contribution in [2.75, 3.05) is 31.3 Å². The van der Waals surface area contributed by atoms with Gasteiger partial charge in [-0.2, -0.15) is 0 Å². The number of halogens is 2. The van der Waals surface area contributed by atoms with Gasteiger partial charge < -0.3 is 19.7 Å². The Labute approximate surface area is 235 Å². The Balaban J connectivity index is 2.56. The normalized spacial score (nSPS) is 12.4. The second kappa shape index (κ2) is 12.9. The Kier molecular flexibility index (Phi) is 10.7. The first-order valence-corrected chi connectivity index (χ1v) is 14.5. The van der Waals surface area contributed by atoms with Gasteiger partial charge in [-0.1, -0.05) is 36.2 Å². The molecule has 38 heavy (non-hydrogen) atoms. The van der Waals surface area contributed by atoms with Gasteiger partial charge in [-0.05, 0) is 57.0 Å². The van der Waals surface area contributed by atoms with E-state index in [1.807, 2.05) is 20.8 Å². The zero-order valence-corrected chi connectivity index (χ0v) is 25.0. The van der Waals surface area contributed by atoms with E-state index in [4.69, 9.17) is 32.7 Å². The van der Waals surface area contributed by atoms with Gasteiger partial charge in [0.25, 0.3) is 0 Å². The molecule has 1 N–H and O–H groups in total. The van der Waals surface area contributed by atoms with Crippen molar-refractivity contribution in [2.24, 2.45) is 0 Å². The summed E-state index contributed by atoms with van der Waals surface area (Å²) in [5.41, 5.74) is 0.159. The first-order valence-electron chi connectivity index (χ1n) is 11.9. The van der Waals surface area contributed by atoms with Gasteiger partial charge in [-0.15, -0.1) is 0 Å². The third kappa shape index (κ3) is 8.41. The minimum Gasteiger partial charge on any atom is -0.497 e. The largest absolute Gasteiger partial charge is 0.497 e. The monoisotopic (exact) mass is 587 g/mol. The van der Waals surface area contributed by atoms with Crippen LogP contribution in [0.25, 0.3) is 0 Å². The standard InChI is InChI=1S/C26H35Cl2N3O6S/c1-8-21(25(33)29-26(2,3)4)30(15-17-9-10-18(27)13-20(17)28)24(32)16-31(38(7,34)35)22-12-11-19(36-5)14-23(22)37-6/h9-14,21H,8,15-16H2,1-7H3,(H,29,33)/t21-/m0/s1. The second-order valence-electron chi connectivity index (χ2n) is 9.73. The Hall–Kier alpha value is -2.69. The Morgan fingerprint density at radius 3 is 2.21 bits per heavy atom. The number of ether oxygens (including phenoxy) is 2. The summed E-state index contributed by atoms with van der Waals surface area (Å²) in [5, 5.41) is 3.65. The zero-order valence-electron chi connectivity index (χ0n) is 22.7. The Morgan fingerprint density at radius 2 is 1.71 bits per heavy atom. The summed E-state index contributed by atoms with van der Waals surface area (Å²) in [5.74, 6) is -0.316. The van der Waals surface area contributed by atoms with Crippen LogP contribution in [0.3, 0.4) is 0 Å². The third-order valence-electron chi connectivity index (χ3n) is 5.57. The van der Waals surface area contributed by atoms with Crippen molar-refractivity contribution in [2.45, 2.75) is 52.2 Å². The Bertz CT molecular complexity index is 1260. The molecule has 2 rings (SSSR count). The predicted molar refractivity (Wildman–Crippen MR) is 151 cm³/mol. The highest BCUT2D eigenvalue weighted by atomic mass is 35.5. The molecule has 0 saturated carbocycles. The quantitative estimate of drug-likeness (QED) is 0.415. The van der Waals surface area contributed by atoms with E-state index in [0.29, 0.717) is 21.4 Å². The summed E-state index contributed by atoms with van der Waals surface area (Å²) in [6.45, 7) is 6.66. The minimum absolute atomic E-state index is 0.0394. The smallest absolute Gasteiger partial charge is 0.244 e. The van der Waals surface area contributed by atoms with E-state index in [9.17, 15) is 18.0 Å². The van der Waals surface area contributed by atoms with Crippen LogP contribution in [0.1, 0.15) is 39.7 Å². The molecule has 12 heteroatoms. The summed E-state index contributed by atoms with van der Waals surface area (Å²) in [6, 6.07) is 8.53. The maximum absolute atomic E-state index is 13.9. The molecule has 0 spiro atoms. The zero-order chi connectivity index (χ0) is 28.8. The number of nitrogens with one attached hydrogen (secondary N) is 1. The van der Waals surface area contributed by atoms with Crippen LogP contribution in [0, 0.1) is 0 Å². The van der Waals surface area contributed by atoms with Crippen molar-refractivity contribution in [3.63, 3.8) is 0 Å². The topological polar surface area (TPSA) is 105 Å². The van der Waals surface area contributed by atoms with Gasteiger partial charge in [0.1, 0.15) is 24.1 Å². The van der Waals surface area contributed by atoms with Crippen molar-refractivity contribution in [1.29, 1.82) is 0 Å². The maximum Gasteiger partial charge on any atom is 0.244 e. The third-order valence-corrected chi connectivity index (χ3v) is 7.29. The molecule has 0 unspecified atom stereocenters. The van der Waals surface area contributed by atoms with Crippen LogP contribution >= 0.6 is 23.2 Å². The predicted octanol–water partition coefficient (Wildman–Crippen LogP) is 4.50. The summed E-state index contributed by atoms with van der Waals surface area (Å²) in [6.07, 6.45) is 1.28. The fourth-order valence-electron chi connectivity index (χ4n) is 3.79. The minimum atomic E-state index is -3.95. The average Bonchev–Trinajstić information content (AvgIpc) is 2.81. The number of carbonyl (C=O) groups excluding carboxylic acids is 2. The number of rotatable bonds is 11. The second-order valence-corrected chi connectivity index (χ2v) is 12.5. The van der Waals surface area contributed by atoms with Crippen molar-refractivity contribution in [3.8, 4) is 11.5 Å². The van der Waals surface area contributed by atoms with E-state index >= 15 is 0 Å². The average molecular weight is 589 g/mol. The molecular formula is C26H35Cl2N3O6S. The SMILES string of the molecule is CC[C@@H](C(=O)NC(C)(C)C)N(Cc1ccc(Cl)cc1Cl)C(=O)CN(c1ccc(OC)cc1OC)S(C)(=O)=O. The van der Waals surface area contributed by atoms with E-state index in [0.717, 1.165) is 10.6 Å². The molecule has 0 bridgehead atoms. The number of benzene rings is 2. The molecule has 0 aromatic heterocycles. The number of carbonyl (C=O) groups is 2. The Morgan fingerprint density at radius 1 is 1.05 bits per heavy atom. The number of sulfonamides is 1. The lowest BCUT2D eigenvalue weighted by atomic mass is 10.1. The molecule has 2 amide bonds. The van der Waals surface area contributed by atoms with Gasteiger partial charge in [0.2, 0.25) is 21.8 Å². The summed E-state index contributed by atoms with van der Waals surface area (Å²) < 4.78 is 37.3. The lowest BCUT2D eigenvalue weighted by molar-refractivity contribution is -0.141. The lowest BCUT2D eigenvalue weighted by Gasteiger charge is -2.34. The van der Waals surface area contributed by atoms with E-state index < -0.39 is 34.1 Å². The van der Waals surface area contributed by atoms with Gasteiger partial charge in [-0.3, -0.25) is 13.9 Å². The molecule has 0 radical (unpaired) electrons. The van der Waals surface area contributed by atoms with Crippen LogP contribution < -0.4 is 19.1 Å². The summed E-state index contributed by atoms with van der Waals surface area (Å²) >= 11 is 12.4. The number of hydrogen-bond acceptors (Lipinski definition) is 6. The summed E-state index contributed by atoms with van der Waals surface area (Å²) in [4.78, 5) is 28.5. The molecule has 9 nitrogen and oxygen atoms in total. The first-order chi connectivity index (χ1) is 17.6. The van der Waals surface area contributed by atoms with Crippen LogP contribution in [0.15, 0.2) is 36.4 Å². The maximum atomic E-state index is 13.9. The molecule has 0 saturated heterocycles. The number of amides is 2. The molecule has 2 aromatic carbocycles. The van der Waals surface area contributed by atoms with Gasteiger partial charge in [0.15, 0.2) is 0 Å². The molecule has 0 aliphatic rings. The van der Waals surface area contributed by atoms with Crippen LogP contribution in [-0.4, -0.2) is 63.7 Å². The fraction of sp³-hybridized carbons (Fsp3) is 0.462. The van der Waals surface area contributed by atoms with Crippen molar-refractivity contribution in [3.05, 3.63) is 52.0 Å². The molecule has 0 aliphatic carbocycles. The molecule has 0 fully saturated rings. The van der Waals surface area contributed by atoms with Gasteiger partial charge in [0, 0.05) is 28.2 Å². The lowest BCUT2D eigenvalue weighted by Crippen LogP contribution is -2.55. The number of methoxy groups -OCH3 is 2. The molecule has 2 aromatic rings. The van der Waals surface area contributed by atoms with Crippen molar-refractivity contribution >= 4 is 50.7 Å². The molecule has 0 aliphatic heterocycles. The van der Waals surface area contributed by atoms with Crippen LogP contribution in [-0.2, 0) is 26.2 Å². The molecule has 210 valence electrons. The van der Waals surface area contributed by atoms with E-state index in [1.165, 1.54) is 31.3 Å². The molecule has 1 atom stereocenters. The van der Waals surface area contributed by atoms with Crippen molar-refractivity contribution in [1.82, 2.24) is 10.2 Å². The van der Waals surface area contributed by atoms with Crippen LogP contribution in [0.4, 0.5) is 5.69 Å². The van der Waals surface area contributed by atoms with E-state index in [1.54, 1.807) is 31.2 Å². The highest BCUT2D eigenvalue weighted by molar-refractivity contribution is 7.92. The number of anilines is 1. The highest BCUT2D eigenvalue weighted by Crippen LogP contribution is 2.34. The van der Waals surface area contributed by atoms with E-state index in [2.05, 4.69) is 5.32 Å². The summed E-state index contributed by atoms with van der Waals surface area (Å²) in [7, 11) is -1.09. The van der Waals surface area contributed by atoms with Gasteiger partial charge in [-0.25, -0.2) is 8.42 Å². The van der Waals surface area contributed by atoms with E-state index in [-0.39, 0.29) is 30.3 Å².